The van der Waals surface area contributed by atoms with E-state index >= 15 is 0 Å². The van der Waals surface area contributed by atoms with Crippen LogP contribution in [0.4, 0.5) is 4.39 Å². The van der Waals surface area contributed by atoms with Crippen molar-refractivity contribution in [3.63, 3.8) is 0 Å². The van der Waals surface area contributed by atoms with Gasteiger partial charge in [-0.2, -0.15) is 4.31 Å². The van der Waals surface area contributed by atoms with Crippen LogP contribution in [0.1, 0.15) is 36.0 Å². The van der Waals surface area contributed by atoms with E-state index in [2.05, 4.69) is 0 Å². The normalized spacial score (nSPS) is 17.4. The number of benzene rings is 1. The zero-order chi connectivity index (χ0) is 15.6. The molecule has 1 aromatic rings. The molecular weight excluding hydrogens is 321 g/mol. The van der Waals surface area contributed by atoms with Gasteiger partial charge in [0.05, 0.1) is 5.56 Å². The number of halogens is 2. The molecule has 8 heteroatoms. The Balaban J connectivity index is 2.51. The van der Waals surface area contributed by atoms with Crippen LogP contribution >= 0.6 is 11.6 Å². The first-order valence-corrected chi connectivity index (χ1v) is 8.38. The van der Waals surface area contributed by atoms with Crippen molar-refractivity contribution in [2.75, 3.05) is 13.1 Å². The number of sulfonamides is 1. The summed E-state index contributed by atoms with van der Waals surface area (Å²) in [5, 5.41) is 8.81. The van der Waals surface area contributed by atoms with Crippen LogP contribution in [0.15, 0.2) is 17.0 Å². The van der Waals surface area contributed by atoms with Gasteiger partial charge in [-0.3, -0.25) is 0 Å². The zero-order valence-electron chi connectivity index (χ0n) is 11.2. The number of carboxylic acids is 1. The Hall–Kier alpha value is -1.18. The molecule has 0 spiro atoms. The third-order valence-corrected chi connectivity index (χ3v) is 5.53. The second kappa shape index (κ2) is 6.29. The number of carbonyl (C=O) groups is 1. The Kier molecular flexibility index (Phi) is 4.85. The van der Waals surface area contributed by atoms with Crippen LogP contribution in [0.2, 0.25) is 5.02 Å². The fourth-order valence-corrected chi connectivity index (χ4v) is 4.24. The lowest BCUT2D eigenvalue weighted by molar-refractivity contribution is 0.0691. The Morgan fingerprint density at radius 1 is 1.19 bits per heavy atom. The lowest BCUT2D eigenvalue weighted by atomic mass is 10.2. The number of hydrogen-bond acceptors (Lipinski definition) is 3. The molecule has 0 radical (unpaired) electrons. The van der Waals surface area contributed by atoms with Gasteiger partial charge in [0.1, 0.15) is 4.90 Å². The van der Waals surface area contributed by atoms with E-state index < -0.39 is 32.3 Å². The zero-order valence-corrected chi connectivity index (χ0v) is 12.8. The van der Waals surface area contributed by atoms with E-state index in [0.29, 0.717) is 25.9 Å². The minimum atomic E-state index is -4.08. The molecule has 1 fully saturated rings. The lowest BCUT2D eigenvalue weighted by Gasteiger charge is -2.20. The number of rotatable bonds is 3. The van der Waals surface area contributed by atoms with Gasteiger partial charge in [-0.05, 0) is 25.0 Å². The lowest BCUT2D eigenvalue weighted by Crippen LogP contribution is -2.32. The van der Waals surface area contributed by atoms with Crippen LogP contribution in [0.5, 0.6) is 0 Å². The molecule has 0 amide bonds. The summed E-state index contributed by atoms with van der Waals surface area (Å²) in [4.78, 5) is 10.3. The monoisotopic (exact) mass is 335 g/mol. The first-order valence-electron chi connectivity index (χ1n) is 6.56. The molecule has 21 heavy (non-hydrogen) atoms. The van der Waals surface area contributed by atoms with Crippen molar-refractivity contribution in [1.29, 1.82) is 0 Å². The van der Waals surface area contributed by atoms with Crippen LogP contribution in [0, 0.1) is 5.82 Å². The molecule has 116 valence electrons. The Labute approximate surface area is 127 Å². The highest BCUT2D eigenvalue weighted by molar-refractivity contribution is 7.89. The number of nitrogens with zero attached hydrogens (tertiary/aromatic N) is 1. The molecule has 0 unspecified atom stereocenters. The minimum absolute atomic E-state index is 0.123. The van der Waals surface area contributed by atoms with Gasteiger partial charge in [0.2, 0.25) is 10.0 Å². The van der Waals surface area contributed by atoms with Crippen molar-refractivity contribution in [2.45, 2.75) is 30.6 Å². The van der Waals surface area contributed by atoms with Gasteiger partial charge >= 0.3 is 5.97 Å². The second-order valence-corrected chi connectivity index (χ2v) is 7.23. The number of aromatic carboxylic acids is 1. The summed E-state index contributed by atoms with van der Waals surface area (Å²) in [7, 11) is -4.08. The fourth-order valence-electron chi connectivity index (χ4n) is 2.33. The van der Waals surface area contributed by atoms with Crippen LogP contribution in [0.25, 0.3) is 0 Å². The summed E-state index contributed by atoms with van der Waals surface area (Å²) in [6, 6.07) is 1.87. The molecule has 1 aromatic carbocycles. The topological polar surface area (TPSA) is 74.7 Å². The van der Waals surface area contributed by atoms with Crippen molar-refractivity contribution in [3.05, 3.63) is 28.5 Å². The molecule has 0 bridgehead atoms. The van der Waals surface area contributed by atoms with E-state index in [1.54, 1.807) is 0 Å². The SMILES string of the molecule is O=C(O)c1cc(Cl)cc(S(=O)(=O)N2CCCCCC2)c1F. The van der Waals surface area contributed by atoms with Crippen molar-refractivity contribution in [2.24, 2.45) is 0 Å². The van der Waals surface area contributed by atoms with E-state index in [0.717, 1.165) is 25.0 Å². The Morgan fingerprint density at radius 3 is 2.29 bits per heavy atom. The number of carboxylic acid groups (broad SMARTS) is 1. The van der Waals surface area contributed by atoms with Crippen LogP contribution in [-0.4, -0.2) is 36.9 Å². The minimum Gasteiger partial charge on any atom is -0.478 e. The van der Waals surface area contributed by atoms with Crippen LogP contribution < -0.4 is 0 Å². The van der Waals surface area contributed by atoms with Gasteiger partial charge in [-0.25, -0.2) is 17.6 Å². The maximum absolute atomic E-state index is 14.2. The maximum Gasteiger partial charge on any atom is 0.338 e. The van der Waals surface area contributed by atoms with Gasteiger partial charge in [0.25, 0.3) is 0 Å². The summed E-state index contributed by atoms with van der Waals surface area (Å²) in [5.74, 6) is -2.82. The number of hydrogen-bond donors (Lipinski definition) is 1. The van der Waals surface area contributed by atoms with Gasteiger partial charge in [-0.15, -0.1) is 0 Å². The summed E-state index contributed by atoms with van der Waals surface area (Å²) in [6.45, 7) is 0.605. The van der Waals surface area contributed by atoms with E-state index in [1.165, 1.54) is 4.31 Å². The summed E-state index contributed by atoms with van der Waals surface area (Å²) < 4.78 is 40.4. The third-order valence-electron chi connectivity index (χ3n) is 3.42. The smallest absolute Gasteiger partial charge is 0.338 e. The van der Waals surface area contributed by atoms with Gasteiger partial charge in [0, 0.05) is 18.1 Å². The maximum atomic E-state index is 14.2. The molecule has 1 heterocycles. The molecule has 0 atom stereocenters. The standard InChI is InChI=1S/C13H15ClFNO4S/c14-9-7-10(13(17)18)12(15)11(8-9)21(19,20)16-5-3-1-2-4-6-16/h7-8H,1-6H2,(H,17,18). The van der Waals surface area contributed by atoms with Gasteiger partial charge in [-0.1, -0.05) is 24.4 Å². The Morgan fingerprint density at radius 2 is 1.76 bits per heavy atom. The van der Waals surface area contributed by atoms with Crippen molar-refractivity contribution in [3.8, 4) is 0 Å². The predicted molar refractivity (Wildman–Crippen MR) is 75.6 cm³/mol. The Bertz CT molecular complexity index is 654. The molecule has 0 saturated carbocycles. The summed E-state index contributed by atoms with van der Waals surface area (Å²) in [6.07, 6.45) is 3.25. The molecule has 1 N–H and O–H groups in total. The van der Waals surface area contributed by atoms with Crippen molar-refractivity contribution >= 4 is 27.6 Å². The summed E-state index contributed by atoms with van der Waals surface area (Å²) >= 11 is 5.73. The van der Waals surface area contributed by atoms with Crippen LogP contribution in [0.3, 0.4) is 0 Å². The first-order chi connectivity index (χ1) is 9.84. The van der Waals surface area contributed by atoms with E-state index in [1.807, 2.05) is 0 Å². The van der Waals surface area contributed by atoms with Gasteiger partial charge < -0.3 is 5.11 Å². The van der Waals surface area contributed by atoms with Crippen molar-refractivity contribution in [1.82, 2.24) is 4.31 Å². The predicted octanol–water partition coefficient (Wildman–Crippen LogP) is 2.74. The van der Waals surface area contributed by atoms with Gasteiger partial charge in [0.15, 0.2) is 5.82 Å². The molecule has 1 aliphatic rings. The molecule has 2 rings (SSSR count). The second-order valence-electron chi connectivity index (χ2n) is 4.89. The molecule has 5 nitrogen and oxygen atoms in total. The van der Waals surface area contributed by atoms with E-state index in [-0.39, 0.29) is 5.02 Å². The summed E-state index contributed by atoms with van der Waals surface area (Å²) in [5.41, 5.74) is -0.740. The molecule has 0 aromatic heterocycles. The highest BCUT2D eigenvalue weighted by atomic mass is 35.5. The largest absolute Gasteiger partial charge is 0.478 e. The molecule has 1 saturated heterocycles. The van der Waals surface area contributed by atoms with E-state index in [9.17, 15) is 17.6 Å². The van der Waals surface area contributed by atoms with Crippen LogP contribution in [-0.2, 0) is 10.0 Å². The van der Waals surface area contributed by atoms with E-state index in [4.69, 9.17) is 16.7 Å². The quantitative estimate of drug-likeness (QED) is 0.921. The average Bonchev–Trinajstić information content (AvgIpc) is 2.70. The molecular formula is C13H15ClFNO4S. The molecule has 0 aliphatic carbocycles. The van der Waals surface area contributed by atoms with Crippen molar-refractivity contribution < 1.29 is 22.7 Å². The average molecular weight is 336 g/mol. The third kappa shape index (κ3) is 3.36. The fraction of sp³-hybridized carbons (Fsp3) is 0.462. The molecule has 1 aliphatic heterocycles. The highest BCUT2D eigenvalue weighted by Crippen LogP contribution is 2.27. The first kappa shape index (κ1) is 16.2. The highest BCUT2D eigenvalue weighted by Gasteiger charge is 2.30.